The summed E-state index contributed by atoms with van der Waals surface area (Å²) in [7, 11) is -0.0510. The number of benzene rings is 4. The minimum Gasteiger partial charge on any atom is -0.489 e. The first-order valence-corrected chi connectivity index (χ1v) is 14.1. The quantitative estimate of drug-likeness (QED) is 0.302. The van der Waals surface area contributed by atoms with Gasteiger partial charge in [-0.3, -0.25) is 9.10 Å². The molecular formula is C30H29FN2O5S. The fourth-order valence-corrected chi connectivity index (χ4v) is 6.83. The summed E-state index contributed by atoms with van der Waals surface area (Å²) in [4.78, 5) is 13.0. The smallest absolute Gasteiger partial charge is 0.303 e. The van der Waals surface area contributed by atoms with Crippen molar-refractivity contribution in [1.29, 1.82) is 0 Å². The average molecular weight is 549 g/mol. The fraction of sp³-hybridized carbons (Fsp3) is 0.233. The lowest BCUT2D eigenvalue weighted by Crippen LogP contribution is -2.30. The molecule has 39 heavy (non-hydrogen) atoms. The molecule has 0 saturated carbocycles. The summed E-state index contributed by atoms with van der Waals surface area (Å²) in [6, 6.07) is 20.9. The zero-order valence-electron chi connectivity index (χ0n) is 21.7. The summed E-state index contributed by atoms with van der Waals surface area (Å²) in [6.07, 6.45) is 0.498. The number of para-hydroxylation sites is 1. The first-order valence-electron chi connectivity index (χ1n) is 12.6. The number of aryl methyl sites for hydroxylation is 1. The normalized spacial score (nSPS) is 12.9. The van der Waals surface area contributed by atoms with E-state index in [1.807, 2.05) is 61.5 Å². The number of carboxylic acids is 1. The van der Waals surface area contributed by atoms with Crippen LogP contribution in [0.25, 0.3) is 10.8 Å². The number of ether oxygens (including phenoxy) is 1. The summed E-state index contributed by atoms with van der Waals surface area (Å²) in [5.41, 5.74) is 3.41. The predicted molar refractivity (Wildman–Crippen MR) is 150 cm³/mol. The van der Waals surface area contributed by atoms with Gasteiger partial charge in [0.15, 0.2) is 0 Å². The minimum absolute atomic E-state index is 0.0451. The van der Waals surface area contributed by atoms with Gasteiger partial charge >= 0.3 is 5.97 Å². The van der Waals surface area contributed by atoms with Crippen molar-refractivity contribution in [2.45, 2.75) is 30.8 Å². The van der Waals surface area contributed by atoms with Crippen LogP contribution in [-0.4, -0.2) is 40.1 Å². The van der Waals surface area contributed by atoms with Crippen molar-refractivity contribution in [3.63, 3.8) is 0 Å². The predicted octanol–water partition coefficient (Wildman–Crippen LogP) is 5.39. The van der Waals surface area contributed by atoms with Crippen molar-refractivity contribution in [1.82, 2.24) is 0 Å². The maximum absolute atomic E-state index is 14.5. The molecule has 0 aliphatic carbocycles. The van der Waals surface area contributed by atoms with Gasteiger partial charge in [0.2, 0.25) is 0 Å². The van der Waals surface area contributed by atoms with Crippen molar-refractivity contribution in [2.75, 3.05) is 29.8 Å². The van der Waals surface area contributed by atoms with E-state index < -0.39 is 21.8 Å². The molecule has 0 aromatic heterocycles. The van der Waals surface area contributed by atoms with Gasteiger partial charge in [-0.05, 0) is 42.2 Å². The van der Waals surface area contributed by atoms with E-state index in [9.17, 15) is 17.6 Å². The second kappa shape index (κ2) is 10.6. The molecule has 202 valence electrons. The van der Waals surface area contributed by atoms with E-state index in [0.29, 0.717) is 35.2 Å². The number of hydrogen-bond donors (Lipinski definition) is 1. The van der Waals surface area contributed by atoms with Crippen LogP contribution in [0.15, 0.2) is 77.7 Å². The van der Waals surface area contributed by atoms with Crippen molar-refractivity contribution in [3.8, 4) is 5.75 Å². The van der Waals surface area contributed by atoms with E-state index in [2.05, 4.69) is 0 Å². The highest BCUT2D eigenvalue weighted by molar-refractivity contribution is 7.93. The highest BCUT2D eigenvalue weighted by Crippen LogP contribution is 2.39. The van der Waals surface area contributed by atoms with Crippen LogP contribution in [0.3, 0.4) is 0 Å². The second-order valence-corrected chi connectivity index (χ2v) is 11.5. The lowest BCUT2D eigenvalue weighted by atomic mass is 10.1. The van der Waals surface area contributed by atoms with Crippen molar-refractivity contribution >= 4 is 38.1 Å². The zero-order chi connectivity index (χ0) is 27.7. The lowest BCUT2D eigenvalue weighted by Gasteiger charge is -2.24. The molecule has 4 aromatic carbocycles. The zero-order valence-corrected chi connectivity index (χ0v) is 22.5. The van der Waals surface area contributed by atoms with Gasteiger partial charge in [0.05, 0.1) is 10.6 Å². The number of carboxylic acid groups (broad SMARTS) is 1. The van der Waals surface area contributed by atoms with Crippen LogP contribution >= 0.6 is 0 Å². The standard InChI is InChI=1S/C30H29FN2O5S/c1-32(2)27-10-4-9-25-24(27)8-5-11-28(25)39(36,37)33-17-16-21-6-3-7-22(30(21)33)19-38-23-14-12-20(26(31)18-23)13-15-29(34)35/h3-12,14,18H,13,15-17,19H2,1-2H3,(H,34,35). The van der Waals surface area contributed by atoms with Gasteiger partial charge in [-0.2, -0.15) is 0 Å². The SMILES string of the molecule is CN(C)c1cccc2c(S(=O)(=O)N3CCc4cccc(COc5ccc(CCC(=O)O)c(F)c5)c43)cccc12. The van der Waals surface area contributed by atoms with Crippen LogP contribution in [0.1, 0.15) is 23.1 Å². The number of anilines is 2. The lowest BCUT2D eigenvalue weighted by molar-refractivity contribution is -0.136. The number of sulfonamides is 1. The third kappa shape index (κ3) is 5.14. The second-order valence-electron chi connectivity index (χ2n) is 9.71. The number of nitrogens with zero attached hydrogens (tertiary/aromatic N) is 2. The summed E-state index contributed by atoms with van der Waals surface area (Å²) in [5.74, 6) is -1.25. The van der Waals surface area contributed by atoms with E-state index in [1.165, 1.54) is 16.4 Å². The van der Waals surface area contributed by atoms with Gasteiger partial charge < -0.3 is 14.7 Å². The molecule has 0 saturated heterocycles. The highest BCUT2D eigenvalue weighted by Gasteiger charge is 2.34. The molecule has 1 N–H and O–H groups in total. The van der Waals surface area contributed by atoms with Crippen molar-refractivity contribution < 1.29 is 27.4 Å². The Bertz CT molecular complexity index is 1670. The molecule has 0 atom stereocenters. The topological polar surface area (TPSA) is 87.2 Å². The number of hydrogen-bond acceptors (Lipinski definition) is 5. The minimum atomic E-state index is -3.90. The molecule has 0 spiro atoms. The number of halogens is 1. The maximum Gasteiger partial charge on any atom is 0.303 e. The van der Waals surface area contributed by atoms with E-state index in [0.717, 1.165) is 16.6 Å². The van der Waals surface area contributed by atoms with Crippen LogP contribution in [0.4, 0.5) is 15.8 Å². The van der Waals surface area contributed by atoms with Gasteiger partial charge in [-0.1, -0.05) is 48.5 Å². The molecule has 9 heteroatoms. The molecule has 0 amide bonds. The van der Waals surface area contributed by atoms with Crippen molar-refractivity contribution in [2.24, 2.45) is 0 Å². The van der Waals surface area contributed by atoms with E-state index in [-0.39, 0.29) is 30.1 Å². The molecular weight excluding hydrogens is 519 g/mol. The molecule has 1 aliphatic rings. The van der Waals surface area contributed by atoms with Gasteiger partial charge in [0, 0.05) is 55.2 Å². The third-order valence-electron chi connectivity index (χ3n) is 6.97. The van der Waals surface area contributed by atoms with Crippen LogP contribution in [-0.2, 0) is 34.3 Å². The number of rotatable bonds is 9. The van der Waals surface area contributed by atoms with Gasteiger partial charge in [-0.25, -0.2) is 12.8 Å². The fourth-order valence-electron chi connectivity index (χ4n) is 5.08. The Balaban J connectivity index is 1.45. The summed E-state index contributed by atoms with van der Waals surface area (Å²) in [6.45, 7) is 0.356. The molecule has 0 fully saturated rings. The Kier molecular flexibility index (Phi) is 7.18. The van der Waals surface area contributed by atoms with Gasteiger partial charge in [-0.15, -0.1) is 0 Å². The molecule has 0 radical (unpaired) electrons. The Hall–Kier alpha value is -4.11. The van der Waals surface area contributed by atoms with Gasteiger partial charge in [0.25, 0.3) is 10.0 Å². The number of aliphatic carboxylic acids is 1. The highest BCUT2D eigenvalue weighted by atomic mass is 32.2. The van der Waals surface area contributed by atoms with E-state index in [4.69, 9.17) is 9.84 Å². The van der Waals surface area contributed by atoms with Crippen molar-refractivity contribution in [3.05, 3.63) is 95.3 Å². The molecule has 0 unspecified atom stereocenters. The Morgan fingerprint density at radius 1 is 1.00 bits per heavy atom. The van der Waals surface area contributed by atoms with E-state index >= 15 is 0 Å². The number of carbonyl (C=O) groups is 1. The molecule has 1 heterocycles. The monoisotopic (exact) mass is 548 g/mol. The molecule has 0 bridgehead atoms. The van der Waals surface area contributed by atoms with Crippen LogP contribution in [0.2, 0.25) is 0 Å². The molecule has 7 nitrogen and oxygen atoms in total. The molecule has 4 aromatic rings. The average Bonchev–Trinajstić information content (AvgIpc) is 3.36. The summed E-state index contributed by atoms with van der Waals surface area (Å²) in [5, 5.41) is 10.4. The summed E-state index contributed by atoms with van der Waals surface area (Å²) < 4.78 is 50.0. The van der Waals surface area contributed by atoms with E-state index in [1.54, 1.807) is 18.2 Å². The largest absolute Gasteiger partial charge is 0.489 e. The Labute approximate surface area is 227 Å². The molecule has 1 aliphatic heterocycles. The first-order chi connectivity index (χ1) is 18.7. The Morgan fingerprint density at radius 3 is 2.49 bits per heavy atom. The molecule has 5 rings (SSSR count). The summed E-state index contributed by atoms with van der Waals surface area (Å²) >= 11 is 0. The van der Waals surface area contributed by atoms with Gasteiger partial charge in [0.1, 0.15) is 18.2 Å². The van der Waals surface area contributed by atoms with Crippen LogP contribution in [0.5, 0.6) is 5.75 Å². The maximum atomic E-state index is 14.5. The Morgan fingerprint density at radius 2 is 1.74 bits per heavy atom. The number of fused-ring (bicyclic) bond motifs is 2. The van der Waals surface area contributed by atoms with Crippen LogP contribution < -0.4 is 13.9 Å². The third-order valence-corrected chi connectivity index (χ3v) is 8.83. The first kappa shape index (κ1) is 26.5. The van der Waals surface area contributed by atoms with Crippen LogP contribution in [0, 0.1) is 5.82 Å².